The van der Waals surface area contributed by atoms with Gasteiger partial charge in [-0.3, -0.25) is 4.68 Å². The van der Waals surface area contributed by atoms with E-state index in [0.717, 1.165) is 5.69 Å². The van der Waals surface area contributed by atoms with Gasteiger partial charge in [0.25, 0.3) is 0 Å². The highest BCUT2D eigenvalue weighted by Crippen LogP contribution is 1.88. The van der Waals surface area contributed by atoms with Crippen molar-refractivity contribution in [2.45, 2.75) is 6.54 Å². The summed E-state index contributed by atoms with van der Waals surface area (Å²) in [5.74, 6) is 0. The van der Waals surface area contributed by atoms with Crippen molar-refractivity contribution in [1.82, 2.24) is 25.6 Å². The normalized spacial score (nSPS) is 9.50. The number of aryl methyl sites for hydroxylation is 1. The molecule has 0 bridgehead atoms. The van der Waals surface area contributed by atoms with Crippen molar-refractivity contribution in [1.29, 1.82) is 0 Å². The first-order valence-corrected chi connectivity index (χ1v) is 3.94. The molecule has 0 saturated carbocycles. The minimum Gasteiger partial charge on any atom is -0.366 e. The molecule has 0 aliphatic rings. The molecule has 6 heteroatoms. The number of rotatable bonds is 2. The molecule has 12 heavy (non-hydrogen) atoms. The number of thiocarbonyl (C=S) groups is 1. The van der Waals surface area contributed by atoms with Gasteiger partial charge in [0.2, 0.25) is 0 Å². The Labute approximate surface area is 76.1 Å². The first-order valence-electron chi connectivity index (χ1n) is 3.53. The molecule has 66 valence electrons. The Hall–Kier alpha value is -1.17. The van der Waals surface area contributed by atoms with Gasteiger partial charge in [-0.15, -0.1) is 5.10 Å². The van der Waals surface area contributed by atoms with Crippen molar-refractivity contribution in [3.8, 4) is 0 Å². The van der Waals surface area contributed by atoms with Gasteiger partial charge in [-0.25, -0.2) is 0 Å². The predicted molar refractivity (Wildman–Crippen MR) is 49.5 cm³/mol. The lowest BCUT2D eigenvalue weighted by molar-refractivity contribution is 0.712. The molecule has 0 aliphatic heterocycles. The van der Waals surface area contributed by atoms with Crippen LogP contribution in [0.4, 0.5) is 0 Å². The fourth-order valence-electron chi connectivity index (χ4n) is 0.736. The third kappa shape index (κ3) is 2.46. The van der Waals surface area contributed by atoms with Crippen LogP contribution < -0.4 is 10.6 Å². The highest BCUT2D eigenvalue weighted by molar-refractivity contribution is 7.80. The van der Waals surface area contributed by atoms with Crippen molar-refractivity contribution in [2.24, 2.45) is 7.05 Å². The van der Waals surface area contributed by atoms with E-state index in [4.69, 9.17) is 12.2 Å². The van der Waals surface area contributed by atoms with Gasteiger partial charge in [-0.05, 0) is 12.2 Å². The molecule has 0 aromatic carbocycles. The summed E-state index contributed by atoms with van der Waals surface area (Å²) in [4.78, 5) is 0. The lowest BCUT2D eigenvalue weighted by atomic mass is 10.5. The van der Waals surface area contributed by atoms with Crippen LogP contribution in [0, 0.1) is 0 Å². The summed E-state index contributed by atoms with van der Waals surface area (Å²) >= 11 is 4.88. The second kappa shape index (κ2) is 4.01. The monoisotopic (exact) mass is 185 g/mol. The van der Waals surface area contributed by atoms with Crippen molar-refractivity contribution >= 4 is 17.3 Å². The maximum atomic E-state index is 4.88. The zero-order valence-corrected chi connectivity index (χ0v) is 7.85. The Morgan fingerprint density at radius 3 is 3.00 bits per heavy atom. The molecular weight excluding hydrogens is 174 g/mol. The minimum atomic E-state index is 0.605. The van der Waals surface area contributed by atoms with E-state index in [0.29, 0.717) is 11.7 Å². The molecule has 0 spiro atoms. The molecule has 1 heterocycles. The molecule has 0 atom stereocenters. The molecule has 1 aromatic rings. The summed E-state index contributed by atoms with van der Waals surface area (Å²) in [6, 6.07) is 0. The molecule has 0 fully saturated rings. The quantitative estimate of drug-likeness (QED) is 0.603. The van der Waals surface area contributed by atoms with E-state index in [1.165, 1.54) is 0 Å². The Balaban J connectivity index is 2.38. The minimum absolute atomic E-state index is 0.605. The van der Waals surface area contributed by atoms with Crippen LogP contribution in [0.3, 0.4) is 0 Å². The van der Waals surface area contributed by atoms with E-state index in [1.807, 2.05) is 13.2 Å². The molecule has 0 radical (unpaired) electrons. The number of aromatic nitrogens is 3. The van der Waals surface area contributed by atoms with Crippen molar-refractivity contribution in [3.63, 3.8) is 0 Å². The smallest absolute Gasteiger partial charge is 0.166 e. The van der Waals surface area contributed by atoms with Crippen LogP contribution in [0.25, 0.3) is 0 Å². The van der Waals surface area contributed by atoms with Crippen molar-refractivity contribution in [2.75, 3.05) is 7.05 Å². The van der Waals surface area contributed by atoms with E-state index in [9.17, 15) is 0 Å². The molecule has 1 rings (SSSR count). The second-order valence-corrected chi connectivity index (χ2v) is 2.72. The van der Waals surface area contributed by atoms with E-state index in [2.05, 4.69) is 20.9 Å². The third-order valence-electron chi connectivity index (χ3n) is 1.31. The van der Waals surface area contributed by atoms with Gasteiger partial charge in [-0.1, -0.05) is 5.21 Å². The molecule has 0 amide bonds. The van der Waals surface area contributed by atoms with Crippen LogP contribution >= 0.6 is 12.2 Å². The molecule has 0 saturated heterocycles. The molecule has 1 aromatic heterocycles. The van der Waals surface area contributed by atoms with E-state index < -0.39 is 0 Å². The summed E-state index contributed by atoms with van der Waals surface area (Å²) in [5.41, 5.74) is 0.870. The number of nitrogens with one attached hydrogen (secondary N) is 2. The van der Waals surface area contributed by atoms with E-state index in [-0.39, 0.29) is 0 Å². The number of hydrogen-bond acceptors (Lipinski definition) is 3. The Morgan fingerprint density at radius 2 is 2.50 bits per heavy atom. The molecule has 2 N–H and O–H groups in total. The summed E-state index contributed by atoms with van der Waals surface area (Å²) < 4.78 is 1.65. The predicted octanol–water partition coefficient (Wildman–Crippen LogP) is -0.591. The lowest BCUT2D eigenvalue weighted by Gasteiger charge is -2.02. The Kier molecular flexibility index (Phi) is 2.98. The molecule has 0 unspecified atom stereocenters. The van der Waals surface area contributed by atoms with Crippen LogP contribution in [0.1, 0.15) is 5.69 Å². The van der Waals surface area contributed by atoms with Crippen LogP contribution in [-0.2, 0) is 13.6 Å². The third-order valence-corrected chi connectivity index (χ3v) is 1.66. The Bertz CT molecular complexity index is 269. The van der Waals surface area contributed by atoms with Crippen molar-refractivity contribution in [3.05, 3.63) is 11.9 Å². The first-order chi connectivity index (χ1) is 5.72. The summed E-state index contributed by atoms with van der Waals surface area (Å²) in [6.45, 7) is 0.605. The second-order valence-electron chi connectivity index (χ2n) is 2.32. The largest absolute Gasteiger partial charge is 0.366 e. The standard InChI is InChI=1S/C6H11N5S/c1-7-6(12)8-3-5-4-11(2)10-9-5/h4H,3H2,1-2H3,(H2,7,8,12). The molecule has 5 nitrogen and oxygen atoms in total. The van der Waals surface area contributed by atoms with Gasteiger partial charge < -0.3 is 10.6 Å². The Morgan fingerprint density at radius 1 is 1.75 bits per heavy atom. The molecule has 0 aliphatic carbocycles. The summed E-state index contributed by atoms with van der Waals surface area (Å²) in [6.07, 6.45) is 1.84. The molecular formula is C6H11N5S. The summed E-state index contributed by atoms with van der Waals surface area (Å²) in [5, 5.41) is 14.1. The fraction of sp³-hybridized carbons (Fsp3) is 0.500. The van der Waals surface area contributed by atoms with Crippen molar-refractivity contribution < 1.29 is 0 Å². The van der Waals surface area contributed by atoms with Crippen LogP contribution in [0.2, 0.25) is 0 Å². The maximum absolute atomic E-state index is 4.88. The van der Waals surface area contributed by atoms with Crippen LogP contribution in [0.5, 0.6) is 0 Å². The number of nitrogens with zero attached hydrogens (tertiary/aromatic N) is 3. The average Bonchev–Trinajstić information content (AvgIpc) is 2.47. The fourth-order valence-corrected chi connectivity index (χ4v) is 0.808. The average molecular weight is 185 g/mol. The van der Waals surface area contributed by atoms with E-state index in [1.54, 1.807) is 11.7 Å². The topological polar surface area (TPSA) is 54.8 Å². The number of hydrogen-bond donors (Lipinski definition) is 2. The zero-order valence-electron chi connectivity index (χ0n) is 7.03. The summed E-state index contributed by atoms with van der Waals surface area (Å²) in [7, 11) is 3.60. The van der Waals surface area contributed by atoms with Gasteiger partial charge in [0.15, 0.2) is 5.11 Å². The highest BCUT2D eigenvalue weighted by Gasteiger charge is 1.97. The maximum Gasteiger partial charge on any atom is 0.166 e. The van der Waals surface area contributed by atoms with Gasteiger partial charge >= 0.3 is 0 Å². The lowest BCUT2D eigenvalue weighted by Crippen LogP contribution is -2.31. The highest BCUT2D eigenvalue weighted by atomic mass is 32.1. The van der Waals surface area contributed by atoms with Gasteiger partial charge in [0.1, 0.15) is 5.69 Å². The van der Waals surface area contributed by atoms with Gasteiger partial charge in [-0.2, -0.15) is 0 Å². The van der Waals surface area contributed by atoms with Crippen LogP contribution in [-0.4, -0.2) is 27.2 Å². The van der Waals surface area contributed by atoms with Crippen LogP contribution in [0.15, 0.2) is 6.20 Å². The van der Waals surface area contributed by atoms with Gasteiger partial charge in [0.05, 0.1) is 6.54 Å². The SMILES string of the molecule is CNC(=S)NCc1cn(C)nn1. The van der Waals surface area contributed by atoms with E-state index >= 15 is 0 Å². The van der Waals surface area contributed by atoms with Gasteiger partial charge in [0, 0.05) is 20.3 Å². The first kappa shape index (κ1) is 8.92. The zero-order chi connectivity index (χ0) is 8.97.